The molecule has 1 N–H and O–H groups in total. The monoisotopic (exact) mass is 298 g/mol. The maximum Gasteiger partial charge on any atom is 0.301 e. The summed E-state index contributed by atoms with van der Waals surface area (Å²) in [6.07, 6.45) is 0. The number of hydrogen-bond donors (Lipinski definition) is 1. The Bertz CT molecular complexity index is 593. The van der Waals surface area contributed by atoms with Gasteiger partial charge >= 0.3 is 10.2 Å². The quantitative estimate of drug-likeness (QED) is 0.835. The van der Waals surface area contributed by atoms with Gasteiger partial charge in [0.25, 0.3) is 9.05 Å². The summed E-state index contributed by atoms with van der Waals surface area (Å²) in [5.74, 6) is 0. The van der Waals surface area contributed by atoms with Gasteiger partial charge in [0, 0.05) is 30.5 Å². The number of nitrogens with one attached hydrogen (secondary N) is 1. The Kier molecular flexibility index (Phi) is 4.03. The zero-order valence-electron chi connectivity index (χ0n) is 9.08. The van der Waals surface area contributed by atoms with E-state index in [1.165, 1.54) is 38.4 Å². The van der Waals surface area contributed by atoms with Crippen LogP contribution in [0, 0.1) is 0 Å². The molecule has 1 aromatic carbocycles. The average Bonchev–Trinajstić information content (AvgIpc) is 2.16. The molecule has 1 rings (SSSR count). The van der Waals surface area contributed by atoms with Crippen LogP contribution in [0.1, 0.15) is 0 Å². The minimum Gasteiger partial charge on any atom is -0.271 e. The lowest BCUT2D eigenvalue weighted by molar-refractivity contribution is 0.527. The van der Waals surface area contributed by atoms with Gasteiger partial charge < -0.3 is 0 Å². The van der Waals surface area contributed by atoms with E-state index in [2.05, 4.69) is 4.72 Å². The van der Waals surface area contributed by atoms with E-state index < -0.39 is 19.3 Å². The summed E-state index contributed by atoms with van der Waals surface area (Å²) >= 11 is 0. The summed E-state index contributed by atoms with van der Waals surface area (Å²) in [7, 11) is 0.476. The molecular formula is C8H11ClN2O4S2. The molecule has 96 valence electrons. The van der Waals surface area contributed by atoms with E-state index in [9.17, 15) is 16.8 Å². The fraction of sp³-hybridized carbons (Fsp3) is 0.250. The molecule has 0 unspecified atom stereocenters. The summed E-state index contributed by atoms with van der Waals surface area (Å²) < 4.78 is 48.1. The number of benzene rings is 1. The van der Waals surface area contributed by atoms with Crippen molar-refractivity contribution in [1.29, 1.82) is 0 Å². The van der Waals surface area contributed by atoms with Crippen LogP contribution in [-0.2, 0) is 19.3 Å². The van der Waals surface area contributed by atoms with Gasteiger partial charge in [-0.05, 0) is 24.3 Å². The minimum atomic E-state index is -3.80. The Morgan fingerprint density at radius 1 is 1.06 bits per heavy atom. The van der Waals surface area contributed by atoms with Crippen molar-refractivity contribution < 1.29 is 16.8 Å². The predicted octanol–water partition coefficient (Wildman–Crippen LogP) is 0.832. The van der Waals surface area contributed by atoms with Crippen LogP contribution in [0.25, 0.3) is 0 Å². The van der Waals surface area contributed by atoms with Crippen LogP contribution in [0.5, 0.6) is 0 Å². The second-order valence-corrected chi connectivity index (χ2v) is 7.80. The van der Waals surface area contributed by atoms with Gasteiger partial charge in [-0.1, -0.05) is 0 Å². The van der Waals surface area contributed by atoms with Gasteiger partial charge in [-0.2, -0.15) is 12.7 Å². The highest BCUT2D eigenvalue weighted by atomic mass is 35.7. The molecule has 0 heterocycles. The summed E-state index contributed by atoms with van der Waals surface area (Å²) in [5, 5.41) is 0. The first-order chi connectivity index (χ1) is 7.63. The van der Waals surface area contributed by atoms with Crippen LogP contribution < -0.4 is 4.72 Å². The van der Waals surface area contributed by atoms with Crippen molar-refractivity contribution in [3.05, 3.63) is 24.3 Å². The molecule has 0 bridgehead atoms. The van der Waals surface area contributed by atoms with Crippen LogP contribution in [-0.4, -0.2) is 35.2 Å². The van der Waals surface area contributed by atoms with E-state index in [1.54, 1.807) is 0 Å². The Balaban J connectivity index is 2.98. The van der Waals surface area contributed by atoms with E-state index in [0.717, 1.165) is 4.31 Å². The predicted molar refractivity (Wildman–Crippen MR) is 65.7 cm³/mol. The second kappa shape index (κ2) is 4.81. The summed E-state index contributed by atoms with van der Waals surface area (Å²) in [4.78, 5) is -0.0908. The first kappa shape index (κ1) is 14.2. The van der Waals surface area contributed by atoms with E-state index >= 15 is 0 Å². The van der Waals surface area contributed by atoms with Gasteiger partial charge in [0.15, 0.2) is 0 Å². The number of anilines is 1. The third-order valence-corrected chi connectivity index (χ3v) is 4.69. The Labute approximate surface area is 105 Å². The van der Waals surface area contributed by atoms with Gasteiger partial charge in [0.1, 0.15) is 0 Å². The Hall–Kier alpha value is -0.830. The molecule has 0 aliphatic heterocycles. The van der Waals surface area contributed by atoms with Crippen molar-refractivity contribution in [3.8, 4) is 0 Å². The first-order valence-electron chi connectivity index (χ1n) is 4.38. The topological polar surface area (TPSA) is 83.6 Å². The van der Waals surface area contributed by atoms with Crippen molar-refractivity contribution in [2.45, 2.75) is 4.90 Å². The number of nitrogens with zero attached hydrogens (tertiary/aromatic N) is 1. The molecule has 0 aromatic heterocycles. The van der Waals surface area contributed by atoms with E-state index in [-0.39, 0.29) is 10.6 Å². The number of hydrogen-bond acceptors (Lipinski definition) is 4. The molecule has 9 heteroatoms. The van der Waals surface area contributed by atoms with Crippen LogP contribution in [0.3, 0.4) is 0 Å². The van der Waals surface area contributed by atoms with Gasteiger partial charge in [-0.15, -0.1) is 0 Å². The molecule has 0 amide bonds. The highest BCUT2D eigenvalue weighted by molar-refractivity contribution is 8.13. The maximum absolute atomic E-state index is 11.5. The second-order valence-electron chi connectivity index (χ2n) is 3.35. The van der Waals surface area contributed by atoms with Crippen LogP contribution in [0.15, 0.2) is 29.2 Å². The van der Waals surface area contributed by atoms with Crippen molar-refractivity contribution in [1.82, 2.24) is 4.31 Å². The lowest BCUT2D eigenvalue weighted by Crippen LogP contribution is -2.28. The molecule has 17 heavy (non-hydrogen) atoms. The summed E-state index contributed by atoms with van der Waals surface area (Å²) in [5.41, 5.74) is 0.253. The summed E-state index contributed by atoms with van der Waals surface area (Å²) in [6, 6.07) is 5.07. The van der Waals surface area contributed by atoms with E-state index in [4.69, 9.17) is 10.7 Å². The molecule has 0 aliphatic rings. The van der Waals surface area contributed by atoms with Gasteiger partial charge in [0.05, 0.1) is 4.90 Å². The molecule has 0 spiro atoms. The van der Waals surface area contributed by atoms with Gasteiger partial charge in [-0.25, -0.2) is 8.42 Å². The summed E-state index contributed by atoms with van der Waals surface area (Å²) in [6.45, 7) is 0. The lowest BCUT2D eigenvalue weighted by Gasteiger charge is -2.13. The highest BCUT2D eigenvalue weighted by Gasteiger charge is 2.14. The number of rotatable bonds is 4. The average molecular weight is 299 g/mol. The molecule has 0 atom stereocenters. The Morgan fingerprint density at radius 2 is 1.53 bits per heavy atom. The SMILES string of the molecule is CN(C)S(=O)(=O)Nc1ccc(S(=O)(=O)Cl)cc1. The van der Waals surface area contributed by atoms with Crippen LogP contribution in [0.4, 0.5) is 5.69 Å². The molecule has 1 aromatic rings. The molecule has 0 fully saturated rings. The zero-order chi connectivity index (χ0) is 13.3. The van der Waals surface area contributed by atoms with Crippen molar-refractivity contribution in [2.75, 3.05) is 18.8 Å². The van der Waals surface area contributed by atoms with Crippen molar-refractivity contribution in [3.63, 3.8) is 0 Å². The van der Waals surface area contributed by atoms with Crippen LogP contribution in [0.2, 0.25) is 0 Å². The van der Waals surface area contributed by atoms with Gasteiger partial charge in [-0.3, -0.25) is 4.72 Å². The fourth-order valence-corrected chi connectivity index (χ4v) is 2.31. The lowest BCUT2D eigenvalue weighted by atomic mass is 10.3. The van der Waals surface area contributed by atoms with E-state index in [1.807, 2.05) is 0 Å². The standard InChI is InChI=1S/C8H11ClN2O4S2/c1-11(2)17(14,15)10-7-3-5-8(6-4-7)16(9,12)13/h3-6,10H,1-2H3. The highest BCUT2D eigenvalue weighted by Crippen LogP contribution is 2.18. The molecule has 0 radical (unpaired) electrons. The molecular weight excluding hydrogens is 288 g/mol. The Morgan fingerprint density at radius 3 is 1.88 bits per heavy atom. The minimum absolute atomic E-state index is 0.0908. The molecule has 0 saturated carbocycles. The molecule has 0 saturated heterocycles. The first-order valence-corrected chi connectivity index (χ1v) is 8.13. The normalized spacial score (nSPS) is 12.7. The third-order valence-electron chi connectivity index (χ3n) is 1.86. The largest absolute Gasteiger partial charge is 0.301 e. The third kappa shape index (κ3) is 3.84. The zero-order valence-corrected chi connectivity index (χ0v) is 11.5. The van der Waals surface area contributed by atoms with Crippen LogP contribution >= 0.6 is 10.7 Å². The fourth-order valence-electron chi connectivity index (χ4n) is 0.926. The maximum atomic E-state index is 11.5. The number of halogens is 1. The molecule has 0 aliphatic carbocycles. The molecule has 6 nitrogen and oxygen atoms in total. The van der Waals surface area contributed by atoms with Crippen molar-refractivity contribution >= 4 is 35.6 Å². The van der Waals surface area contributed by atoms with Crippen molar-refractivity contribution in [2.24, 2.45) is 0 Å². The van der Waals surface area contributed by atoms with Gasteiger partial charge in [0.2, 0.25) is 0 Å². The van der Waals surface area contributed by atoms with E-state index in [0.29, 0.717) is 0 Å². The smallest absolute Gasteiger partial charge is 0.271 e.